The fourth-order valence-corrected chi connectivity index (χ4v) is 2.55. The maximum absolute atomic E-state index is 11.9. The molecule has 1 aromatic heterocycles. The minimum Gasteiger partial charge on any atom is -0.390 e. The first-order chi connectivity index (χ1) is 10.2. The van der Waals surface area contributed by atoms with Gasteiger partial charge in [-0.2, -0.15) is 4.98 Å². The van der Waals surface area contributed by atoms with Crippen molar-refractivity contribution >= 4 is 13.6 Å². The van der Waals surface area contributed by atoms with Crippen LogP contribution in [0.4, 0.5) is 5.82 Å². The van der Waals surface area contributed by atoms with Gasteiger partial charge < -0.3 is 25.4 Å². The van der Waals surface area contributed by atoms with Gasteiger partial charge in [-0.05, 0) is 6.42 Å². The summed E-state index contributed by atoms with van der Waals surface area (Å²) in [5.41, 5.74) is 5.67. The molecular formula is C11H18N3O7P. The van der Waals surface area contributed by atoms with E-state index in [4.69, 9.17) is 20.3 Å². The molecule has 2 rings (SSSR count). The number of aliphatic hydroxyl groups excluding tert-OH is 1. The molecule has 1 fully saturated rings. The Hall–Kier alpha value is -1.29. The average Bonchev–Trinajstić information content (AvgIpc) is 2.77. The molecule has 11 heteroatoms. The van der Waals surface area contributed by atoms with Gasteiger partial charge in [-0.25, -0.2) is 9.36 Å². The summed E-state index contributed by atoms with van der Waals surface area (Å²) in [7, 11) is -4.65. The molecule has 1 saturated heterocycles. The predicted octanol–water partition coefficient (Wildman–Crippen LogP) is -0.854. The molecule has 0 spiro atoms. The molecule has 0 unspecified atom stereocenters. The molecule has 1 aliphatic rings. The van der Waals surface area contributed by atoms with E-state index in [1.54, 1.807) is 0 Å². The second kappa shape index (κ2) is 6.45. The smallest absolute Gasteiger partial charge is 0.390 e. The standard InChI is InChI=1S/C11H18N3O7P/c1-2-6-4-14(11(16)13-10(6)12)9-3-7(15)8(21-9)5-20-22(17,18)19/h4,7-9,15H,2-3,5H2,1H3,(H2,12,13,16)(H2,17,18,19)/t7-,8+,9+/m0/s1. The number of phosphoric ester groups is 1. The Morgan fingerprint density at radius 3 is 2.86 bits per heavy atom. The normalized spacial score (nSPS) is 25.5. The second-order valence-electron chi connectivity index (χ2n) is 4.91. The lowest BCUT2D eigenvalue weighted by molar-refractivity contribution is -0.0450. The van der Waals surface area contributed by atoms with Crippen LogP contribution in [0.15, 0.2) is 11.0 Å². The van der Waals surface area contributed by atoms with Crippen LogP contribution in [0.25, 0.3) is 0 Å². The first kappa shape index (κ1) is 17.1. The highest BCUT2D eigenvalue weighted by Gasteiger charge is 2.37. The summed E-state index contributed by atoms with van der Waals surface area (Å²) >= 11 is 0. The highest BCUT2D eigenvalue weighted by Crippen LogP contribution is 2.38. The van der Waals surface area contributed by atoms with E-state index in [1.807, 2.05) is 6.92 Å². The van der Waals surface area contributed by atoms with E-state index in [9.17, 15) is 14.5 Å². The minimum atomic E-state index is -4.65. The third-order valence-corrected chi connectivity index (χ3v) is 3.85. The topological polar surface area (TPSA) is 157 Å². The summed E-state index contributed by atoms with van der Waals surface area (Å²) in [4.78, 5) is 32.9. The Morgan fingerprint density at radius 1 is 1.59 bits per heavy atom. The van der Waals surface area contributed by atoms with Crippen LogP contribution >= 0.6 is 7.82 Å². The lowest BCUT2D eigenvalue weighted by atomic mass is 10.2. The van der Waals surface area contributed by atoms with Crippen molar-refractivity contribution in [3.63, 3.8) is 0 Å². The SMILES string of the molecule is CCc1cn([C@H]2C[C@H](O)[C@@H](COP(=O)(O)O)O2)c(=O)nc1N. The first-order valence-corrected chi connectivity index (χ1v) is 8.15. The number of nitrogens with zero attached hydrogens (tertiary/aromatic N) is 2. The molecule has 1 aliphatic heterocycles. The molecule has 0 amide bonds. The van der Waals surface area contributed by atoms with Gasteiger partial charge in [0.15, 0.2) is 0 Å². The minimum absolute atomic E-state index is 0.0733. The zero-order chi connectivity index (χ0) is 16.5. The maximum atomic E-state index is 11.9. The van der Waals surface area contributed by atoms with Gasteiger partial charge in [0.25, 0.3) is 0 Å². The Bertz CT molecular complexity index is 643. The Labute approximate surface area is 125 Å². The van der Waals surface area contributed by atoms with Gasteiger partial charge in [-0.15, -0.1) is 0 Å². The molecule has 124 valence electrons. The van der Waals surface area contributed by atoms with Crippen molar-refractivity contribution in [1.82, 2.24) is 9.55 Å². The Kier molecular flexibility index (Phi) is 5.00. The average molecular weight is 335 g/mol. The van der Waals surface area contributed by atoms with Gasteiger partial charge in [0.1, 0.15) is 18.1 Å². The van der Waals surface area contributed by atoms with Crippen molar-refractivity contribution in [2.45, 2.75) is 38.2 Å². The molecular weight excluding hydrogens is 317 g/mol. The number of hydrogen-bond donors (Lipinski definition) is 4. The summed E-state index contributed by atoms with van der Waals surface area (Å²) in [5.74, 6) is 0.142. The van der Waals surface area contributed by atoms with Crippen LogP contribution in [0, 0.1) is 0 Å². The number of phosphoric acid groups is 1. The third-order valence-electron chi connectivity index (χ3n) is 3.36. The summed E-state index contributed by atoms with van der Waals surface area (Å²) in [6, 6.07) is 0. The molecule has 0 aliphatic carbocycles. The monoisotopic (exact) mass is 335 g/mol. The second-order valence-corrected chi connectivity index (χ2v) is 6.15. The summed E-state index contributed by atoms with van der Waals surface area (Å²) < 4.78 is 21.6. The number of ether oxygens (including phenoxy) is 1. The van der Waals surface area contributed by atoms with E-state index in [-0.39, 0.29) is 12.2 Å². The molecule has 2 heterocycles. The largest absolute Gasteiger partial charge is 0.469 e. The zero-order valence-corrected chi connectivity index (χ0v) is 12.7. The maximum Gasteiger partial charge on any atom is 0.469 e. The van der Waals surface area contributed by atoms with Crippen LogP contribution in [0.2, 0.25) is 0 Å². The number of aromatic nitrogens is 2. The lowest BCUT2D eigenvalue weighted by Gasteiger charge is -2.17. The van der Waals surface area contributed by atoms with Crippen LogP contribution in [-0.4, -0.2) is 43.3 Å². The molecule has 3 atom stereocenters. The molecule has 10 nitrogen and oxygen atoms in total. The van der Waals surface area contributed by atoms with E-state index in [0.717, 1.165) is 0 Å². The van der Waals surface area contributed by atoms with Gasteiger partial charge in [0, 0.05) is 18.2 Å². The summed E-state index contributed by atoms with van der Waals surface area (Å²) in [6.45, 7) is 1.36. The molecule has 1 aromatic rings. The van der Waals surface area contributed by atoms with Gasteiger partial charge in [0.05, 0.1) is 12.7 Å². The number of nitrogens with two attached hydrogens (primary N) is 1. The van der Waals surface area contributed by atoms with Crippen molar-refractivity contribution in [3.05, 3.63) is 22.2 Å². The molecule has 5 N–H and O–H groups in total. The number of anilines is 1. The summed E-state index contributed by atoms with van der Waals surface area (Å²) in [6.07, 6.45) is -0.624. The molecule has 0 radical (unpaired) electrons. The van der Waals surface area contributed by atoms with E-state index < -0.39 is 38.6 Å². The number of aliphatic hydroxyl groups is 1. The van der Waals surface area contributed by atoms with E-state index >= 15 is 0 Å². The highest BCUT2D eigenvalue weighted by atomic mass is 31.2. The van der Waals surface area contributed by atoms with Gasteiger partial charge in [-0.1, -0.05) is 6.92 Å². The van der Waals surface area contributed by atoms with E-state index in [0.29, 0.717) is 12.0 Å². The quantitative estimate of drug-likeness (QED) is 0.503. The Morgan fingerprint density at radius 2 is 2.27 bits per heavy atom. The van der Waals surface area contributed by atoms with Crippen molar-refractivity contribution in [1.29, 1.82) is 0 Å². The fourth-order valence-electron chi connectivity index (χ4n) is 2.21. The third kappa shape index (κ3) is 3.92. The molecule has 0 bridgehead atoms. The first-order valence-electron chi connectivity index (χ1n) is 6.62. The Balaban J connectivity index is 2.15. The van der Waals surface area contributed by atoms with Crippen molar-refractivity contribution in [2.75, 3.05) is 12.3 Å². The molecule has 22 heavy (non-hydrogen) atoms. The zero-order valence-electron chi connectivity index (χ0n) is 11.8. The highest BCUT2D eigenvalue weighted by molar-refractivity contribution is 7.46. The van der Waals surface area contributed by atoms with E-state index in [1.165, 1.54) is 10.8 Å². The van der Waals surface area contributed by atoms with Crippen LogP contribution in [0.5, 0.6) is 0 Å². The van der Waals surface area contributed by atoms with Crippen LogP contribution in [0.3, 0.4) is 0 Å². The van der Waals surface area contributed by atoms with Gasteiger partial charge in [0.2, 0.25) is 0 Å². The van der Waals surface area contributed by atoms with E-state index in [2.05, 4.69) is 9.51 Å². The summed E-state index contributed by atoms with van der Waals surface area (Å²) in [5, 5.41) is 9.87. The van der Waals surface area contributed by atoms with Crippen molar-refractivity contribution in [3.8, 4) is 0 Å². The van der Waals surface area contributed by atoms with Gasteiger partial charge >= 0.3 is 13.5 Å². The predicted molar refractivity (Wildman–Crippen MR) is 74.8 cm³/mol. The fraction of sp³-hybridized carbons (Fsp3) is 0.636. The lowest BCUT2D eigenvalue weighted by Crippen LogP contribution is -2.29. The van der Waals surface area contributed by atoms with Crippen molar-refractivity contribution < 1.29 is 28.7 Å². The van der Waals surface area contributed by atoms with Crippen LogP contribution in [-0.2, 0) is 20.2 Å². The molecule has 0 saturated carbocycles. The van der Waals surface area contributed by atoms with Crippen LogP contribution < -0.4 is 11.4 Å². The van der Waals surface area contributed by atoms with Crippen molar-refractivity contribution in [2.24, 2.45) is 0 Å². The van der Waals surface area contributed by atoms with Gasteiger partial charge in [-0.3, -0.25) is 9.09 Å². The number of rotatable bonds is 5. The number of aryl methyl sites for hydroxylation is 1. The number of hydrogen-bond acceptors (Lipinski definition) is 7. The number of nitrogen functional groups attached to an aromatic ring is 1. The molecule has 0 aromatic carbocycles. The van der Waals surface area contributed by atoms with Crippen LogP contribution in [0.1, 0.15) is 25.1 Å².